The maximum Gasteiger partial charge on any atom is 0.116 e. The molecule has 0 saturated carbocycles. The van der Waals surface area contributed by atoms with E-state index in [2.05, 4.69) is 5.32 Å². The number of phenolic OH excluding ortho intramolecular Hbond substituents is 1. The van der Waals surface area contributed by atoms with Crippen LogP contribution in [0.2, 0.25) is 0 Å². The Kier molecular flexibility index (Phi) is 2.75. The molecule has 66 valence electrons. The number of hydrogen-bond acceptors (Lipinski definition) is 2. The molecular weight excluding hydrogens is 218 g/mol. The number of phenols is 1. The largest absolute Gasteiger partial charge is 0.508 e. The van der Waals surface area contributed by atoms with Gasteiger partial charge in [-0.15, -0.1) is 17.0 Å². The highest BCUT2D eigenvalue weighted by molar-refractivity contribution is 8.93. The van der Waals surface area contributed by atoms with Gasteiger partial charge in [0.25, 0.3) is 0 Å². The summed E-state index contributed by atoms with van der Waals surface area (Å²) in [6, 6.07) is 3.65. The molecule has 0 amide bonds. The SMILES string of the molecule is Br.Cc1cc(O)cc2c1CNC2. The second-order valence-electron chi connectivity index (χ2n) is 3.00. The van der Waals surface area contributed by atoms with Crippen molar-refractivity contribution >= 4 is 17.0 Å². The van der Waals surface area contributed by atoms with Crippen LogP contribution in [0.4, 0.5) is 0 Å². The Morgan fingerprint density at radius 3 is 2.83 bits per heavy atom. The number of fused-ring (bicyclic) bond motifs is 1. The average molecular weight is 230 g/mol. The van der Waals surface area contributed by atoms with Crippen molar-refractivity contribution in [3.8, 4) is 5.75 Å². The van der Waals surface area contributed by atoms with Gasteiger partial charge < -0.3 is 10.4 Å². The molecular formula is C9H12BrNO. The predicted molar refractivity (Wildman–Crippen MR) is 53.7 cm³/mol. The van der Waals surface area contributed by atoms with Crippen LogP contribution in [-0.2, 0) is 13.1 Å². The van der Waals surface area contributed by atoms with Gasteiger partial charge in [-0.3, -0.25) is 0 Å². The Hall–Kier alpha value is -0.540. The third-order valence-corrected chi connectivity index (χ3v) is 2.17. The van der Waals surface area contributed by atoms with Crippen molar-refractivity contribution in [3.63, 3.8) is 0 Å². The lowest BCUT2D eigenvalue weighted by Crippen LogP contribution is -2.00. The molecule has 0 bridgehead atoms. The first-order valence-corrected chi connectivity index (χ1v) is 3.79. The Morgan fingerprint density at radius 1 is 1.33 bits per heavy atom. The summed E-state index contributed by atoms with van der Waals surface area (Å²) >= 11 is 0. The van der Waals surface area contributed by atoms with E-state index < -0.39 is 0 Å². The average Bonchev–Trinajstić information content (AvgIpc) is 2.34. The van der Waals surface area contributed by atoms with Crippen LogP contribution < -0.4 is 5.32 Å². The van der Waals surface area contributed by atoms with Crippen LogP contribution in [0.25, 0.3) is 0 Å². The number of halogens is 1. The van der Waals surface area contributed by atoms with Gasteiger partial charge in [-0.2, -0.15) is 0 Å². The third kappa shape index (κ3) is 1.47. The van der Waals surface area contributed by atoms with Crippen LogP contribution in [0.1, 0.15) is 16.7 Å². The van der Waals surface area contributed by atoms with Crippen molar-refractivity contribution < 1.29 is 5.11 Å². The second-order valence-corrected chi connectivity index (χ2v) is 3.00. The van der Waals surface area contributed by atoms with Gasteiger partial charge in [0.15, 0.2) is 0 Å². The number of benzene rings is 1. The summed E-state index contributed by atoms with van der Waals surface area (Å²) in [6.07, 6.45) is 0. The molecule has 12 heavy (non-hydrogen) atoms. The van der Waals surface area contributed by atoms with Crippen molar-refractivity contribution in [2.75, 3.05) is 0 Å². The summed E-state index contributed by atoms with van der Waals surface area (Å²) < 4.78 is 0. The first kappa shape index (κ1) is 9.55. The van der Waals surface area contributed by atoms with Gasteiger partial charge in [0.05, 0.1) is 0 Å². The minimum atomic E-state index is 0. The minimum Gasteiger partial charge on any atom is -0.508 e. The molecule has 1 heterocycles. The standard InChI is InChI=1S/C9H11NO.BrH/c1-6-2-8(11)3-7-4-10-5-9(6)7;/h2-3,10-11H,4-5H2,1H3;1H. The molecule has 0 unspecified atom stereocenters. The Labute approximate surface area is 82.4 Å². The molecule has 1 aromatic carbocycles. The summed E-state index contributed by atoms with van der Waals surface area (Å²) in [5, 5.41) is 12.5. The Morgan fingerprint density at radius 2 is 2.08 bits per heavy atom. The molecule has 0 spiro atoms. The van der Waals surface area contributed by atoms with E-state index in [4.69, 9.17) is 0 Å². The van der Waals surface area contributed by atoms with Gasteiger partial charge in [-0.1, -0.05) is 0 Å². The number of rotatable bonds is 0. The fourth-order valence-electron chi connectivity index (χ4n) is 1.60. The normalized spacial score (nSPS) is 13.8. The van der Waals surface area contributed by atoms with Crippen molar-refractivity contribution in [1.29, 1.82) is 0 Å². The topological polar surface area (TPSA) is 32.3 Å². The second kappa shape index (κ2) is 3.46. The summed E-state index contributed by atoms with van der Waals surface area (Å²) in [7, 11) is 0. The number of aromatic hydroxyl groups is 1. The van der Waals surface area contributed by atoms with E-state index in [1.807, 2.05) is 19.1 Å². The molecule has 0 radical (unpaired) electrons. The van der Waals surface area contributed by atoms with Crippen molar-refractivity contribution in [2.45, 2.75) is 20.0 Å². The van der Waals surface area contributed by atoms with Crippen LogP contribution in [0.15, 0.2) is 12.1 Å². The summed E-state index contributed by atoms with van der Waals surface area (Å²) in [6.45, 7) is 3.87. The molecule has 0 saturated heterocycles. The van der Waals surface area contributed by atoms with Crippen LogP contribution >= 0.6 is 17.0 Å². The molecule has 1 aliphatic heterocycles. The minimum absolute atomic E-state index is 0. The van der Waals surface area contributed by atoms with Gasteiger partial charge in [-0.25, -0.2) is 0 Å². The van der Waals surface area contributed by atoms with Crippen molar-refractivity contribution in [1.82, 2.24) is 5.32 Å². The van der Waals surface area contributed by atoms with E-state index in [0.717, 1.165) is 13.1 Å². The van der Waals surface area contributed by atoms with E-state index in [9.17, 15) is 5.11 Å². The Bertz CT molecular complexity index is 299. The zero-order valence-electron chi connectivity index (χ0n) is 6.92. The third-order valence-electron chi connectivity index (χ3n) is 2.17. The lowest BCUT2D eigenvalue weighted by Gasteiger charge is -2.02. The molecule has 0 aliphatic carbocycles. The highest BCUT2D eigenvalue weighted by atomic mass is 79.9. The fourth-order valence-corrected chi connectivity index (χ4v) is 1.60. The maximum absolute atomic E-state index is 9.25. The van der Waals surface area contributed by atoms with Crippen LogP contribution in [0, 0.1) is 6.92 Å². The quantitative estimate of drug-likeness (QED) is 0.713. The molecule has 2 rings (SSSR count). The van der Waals surface area contributed by atoms with E-state index in [1.54, 1.807) is 0 Å². The van der Waals surface area contributed by atoms with Gasteiger partial charge >= 0.3 is 0 Å². The van der Waals surface area contributed by atoms with Gasteiger partial charge in [0, 0.05) is 13.1 Å². The van der Waals surface area contributed by atoms with Gasteiger partial charge in [-0.05, 0) is 35.7 Å². The summed E-state index contributed by atoms with van der Waals surface area (Å²) in [5.74, 6) is 0.380. The summed E-state index contributed by atoms with van der Waals surface area (Å²) in [5.41, 5.74) is 3.77. The molecule has 3 heteroatoms. The molecule has 0 atom stereocenters. The Balaban J connectivity index is 0.000000720. The first-order valence-electron chi connectivity index (χ1n) is 3.79. The predicted octanol–water partition coefficient (Wildman–Crippen LogP) is 1.88. The maximum atomic E-state index is 9.25. The van der Waals surface area contributed by atoms with Crippen LogP contribution in [-0.4, -0.2) is 5.11 Å². The number of aryl methyl sites for hydroxylation is 1. The zero-order valence-corrected chi connectivity index (χ0v) is 8.64. The van der Waals surface area contributed by atoms with Gasteiger partial charge in [0.1, 0.15) is 5.75 Å². The highest BCUT2D eigenvalue weighted by Gasteiger charge is 2.12. The molecule has 1 aliphatic rings. The van der Waals surface area contributed by atoms with Crippen molar-refractivity contribution in [3.05, 3.63) is 28.8 Å². The molecule has 0 fully saturated rings. The lowest BCUT2D eigenvalue weighted by atomic mass is 10.0. The summed E-state index contributed by atoms with van der Waals surface area (Å²) in [4.78, 5) is 0. The monoisotopic (exact) mass is 229 g/mol. The highest BCUT2D eigenvalue weighted by Crippen LogP contribution is 2.24. The molecule has 2 nitrogen and oxygen atoms in total. The molecule has 0 aromatic heterocycles. The molecule has 2 N–H and O–H groups in total. The number of nitrogens with one attached hydrogen (secondary N) is 1. The smallest absolute Gasteiger partial charge is 0.116 e. The van der Waals surface area contributed by atoms with E-state index >= 15 is 0 Å². The lowest BCUT2D eigenvalue weighted by molar-refractivity contribution is 0.474. The van der Waals surface area contributed by atoms with Crippen LogP contribution in [0.3, 0.4) is 0 Å². The van der Waals surface area contributed by atoms with E-state index in [-0.39, 0.29) is 17.0 Å². The first-order chi connectivity index (χ1) is 5.27. The van der Waals surface area contributed by atoms with E-state index in [0.29, 0.717) is 5.75 Å². The molecule has 1 aromatic rings. The van der Waals surface area contributed by atoms with Gasteiger partial charge in [0.2, 0.25) is 0 Å². The van der Waals surface area contributed by atoms with Crippen LogP contribution in [0.5, 0.6) is 5.75 Å². The van der Waals surface area contributed by atoms with E-state index in [1.165, 1.54) is 16.7 Å². The number of hydrogen-bond donors (Lipinski definition) is 2. The zero-order chi connectivity index (χ0) is 7.84. The fraction of sp³-hybridized carbons (Fsp3) is 0.333. The van der Waals surface area contributed by atoms with Crippen molar-refractivity contribution in [2.24, 2.45) is 0 Å².